The van der Waals surface area contributed by atoms with Crippen molar-refractivity contribution in [2.24, 2.45) is 0 Å². The van der Waals surface area contributed by atoms with Crippen LogP contribution in [-0.4, -0.2) is 34.1 Å². The molecule has 1 fully saturated rings. The monoisotopic (exact) mass is 351 g/mol. The van der Waals surface area contributed by atoms with Crippen molar-refractivity contribution in [1.29, 1.82) is 0 Å². The molecule has 0 unspecified atom stereocenters. The standard InChI is InChI=1S/C17H19ClFN3O2/c18-17-15(20-9-16(23)21-17)10-22-7-5-13(6-8-22)24-11-12-3-1-2-4-14(12)19/h1-4,9,13H,5-8,10-11H2,(H,21,23). The number of nitrogens with zero attached hydrogens (tertiary/aromatic N) is 2. The summed E-state index contributed by atoms with van der Waals surface area (Å²) in [7, 11) is 0. The fraction of sp³-hybridized carbons (Fsp3) is 0.412. The van der Waals surface area contributed by atoms with Crippen LogP contribution in [-0.2, 0) is 17.9 Å². The zero-order valence-corrected chi connectivity index (χ0v) is 13.9. The molecule has 0 aliphatic carbocycles. The minimum atomic E-state index is -0.302. The number of nitrogens with one attached hydrogen (secondary N) is 1. The molecule has 1 aliphatic heterocycles. The average Bonchev–Trinajstić information content (AvgIpc) is 2.58. The van der Waals surface area contributed by atoms with Crippen LogP contribution >= 0.6 is 11.6 Å². The molecule has 0 saturated carbocycles. The van der Waals surface area contributed by atoms with Crippen molar-refractivity contribution >= 4 is 11.6 Å². The van der Waals surface area contributed by atoms with Gasteiger partial charge >= 0.3 is 0 Å². The molecule has 0 radical (unpaired) electrons. The summed E-state index contributed by atoms with van der Waals surface area (Å²) >= 11 is 6.00. The summed E-state index contributed by atoms with van der Waals surface area (Å²) < 4.78 is 19.4. The highest BCUT2D eigenvalue weighted by Gasteiger charge is 2.21. The van der Waals surface area contributed by atoms with Gasteiger partial charge in [0.2, 0.25) is 0 Å². The van der Waals surface area contributed by atoms with E-state index in [1.54, 1.807) is 12.1 Å². The van der Waals surface area contributed by atoms with Crippen molar-refractivity contribution in [1.82, 2.24) is 14.9 Å². The van der Waals surface area contributed by atoms with Gasteiger partial charge in [-0.15, -0.1) is 0 Å². The van der Waals surface area contributed by atoms with Gasteiger partial charge in [0.1, 0.15) is 11.0 Å². The summed E-state index contributed by atoms with van der Waals surface area (Å²) in [6.45, 7) is 2.58. The Kier molecular flexibility index (Phi) is 5.60. The van der Waals surface area contributed by atoms with E-state index in [0.717, 1.165) is 25.9 Å². The Balaban J connectivity index is 1.47. The Hall–Kier alpha value is -1.76. The lowest BCUT2D eigenvalue weighted by molar-refractivity contribution is -0.00515. The fourth-order valence-corrected chi connectivity index (χ4v) is 2.99. The molecule has 128 valence electrons. The van der Waals surface area contributed by atoms with E-state index in [2.05, 4.69) is 14.9 Å². The van der Waals surface area contributed by atoms with E-state index in [-0.39, 0.29) is 17.5 Å². The van der Waals surface area contributed by atoms with Crippen LogP contribution in [0.5, 0.6) is 0 Å². The van der Waals surface area contributed by atoms with Gasteiger partial charge in [-0.05, 0) is 18.9 Å². The van der Waals surface area contributed by atoms with Gasteiger partial charge in [-0.25, -0.2) is 4.39 Å². The quantitative estimate of drug-likeness (QED) is 0.900. The summed E-state index contributed by atoms with van der Waals surface area (Å²) in [5, 5.41) is 0.292. The molecule has 0 atom stereocenters. The molecule has 3 rings (SSSR count). The predicted molar refractivity (Wildman–Crippen MR) is 89.4 cm³/mol. The number of benzene rings is 1. The second-order valence-corrected chi connectivity index (χ2v) is 6.26. The van der Waals surface area contributed by atoms with E-state index in [9.17, 15) is 9.18 Å². The Bertz CT molecular complexity index is 745. The Morgan fingerprint density at radius 3 is 2.79 bits per heavy atom. The van der Waals surface area contributed by atoms with E-state index in [0.29, 0.717) is 29.6 Å². The number of aromatic nitrogens is 2. The van der Waals surface area contributed by atoms with Gasteiger partial charge in [0.25, 0.3) is 5.56 Å². The maximum atomic E-state index is 13.6. The molecular weight excluding hydrogens is 333 g/mol. The van der Waals surface area contributed by atoms with Crippen LogP contribution in [0.25, 0.3) is 0 Å². The van der Waals surface area contributed by atoms with Gasteiger partial charge < -0.3 is 9.72 Å². The number of halogens is 2. The highest BCUT2D eigenvalue weighted by atomic mass is 35.5. The zero-order valence-electron chi connectivity index (χ0n) is 13.2. The van der Waals surface area contributed by atoms with Gasteiger partial charge in [-0.2, -0.15) is 0 Å². The predicted octanol–water partition coefficient (Wildman–Crippen LogP) is 2.74. The van der Waals surface area contributed by atoms with Crippen LogP contribution in [0, 0.1) is 5.82 Å². The normalized spacial score (nSPS) is 16.4. The number of rotatable bonds is 5. The largest absolute Gasteiger partial charge is 0.373 e. The number of piperidine rings is 1. The molecule has 1 saturated heterocycles. The fourth-order valence-electron chi connectivity index (χ4n) is 2.78. The lowest BCUT2D eigenvalue weighted by Gasteiger charge is -2.31. The first kappa shape index (κ1) is 17.1. The van der Waals surface area contributed by atoms with E-state index in [1.807, 2.05) is 6.07 Å². The second kappa shape index (κ2) is 7.88. The van der Waals surface area contributed by atoms with Crippen LogP contribution in [0.3, 0.4) is 0 Å². The molecule has 0 amide bonds. The highest BCUT2D eigenvalue weighted by Crippen LogP contribution is 2.19. The Labute approximate surface area is 144 Å². The maximum absolute atomic E-state index is 13.6. The number of aromatic amines is 1. The zero-order chi connectivity index (χ0) is 16.9. The SMILES string of the molecule is O=c1cnc(CN2CCC(OCc3ccccc3F)CC2)c(Cl)[nH]1. The summed E-state index contributed by atoms with van der Waals surface area (Å²) in [5.74, 6) is -0.228. The van der Waals surface area contributed by atoms with Crippen LogP contribution < -0.4 is 5.56 Å². The van der Waals surface area contributed by atoms with Crippen molar-refractivity contribution < 1.29 is 9.13 Å². The molecule has 7 heteroatoms. The van der Waals surface area contributed by atoms with Crippen molar-refractivity contribution in [2.45, 2.75) is 32.1 Å². The molecule has 2 aromatic rings. The van der Waals surface area contributed by atoms with Crippen LogP contribution in [0.15, 0.2) is 35.3 Å². The van der Waals surface area contributed by atoms with Crippen molar-refractivity contribution in [3.8, 4) is 0 Å². The summed E-state index contributed by atoms with van der Waals surface area (Å²) in [5.41, 5.74) is 0.954. The topological polar surface area (TPSA) is 58.2 Å². The van der Waals surface area contributed by atoms with Crippen LogP contribution in [0.1, 0.15) is 24.1 Å². The van der Waals surface area contributed by atoms with Gasteiger partial charge in [0.05, 0.1) is 24.6 Å². The van der Waals surface area contributed by atoms with E-state index in [1.165, 1.54) is 12.3 Å². The molecule has 2 heterocycles. The van der Waals surface area contributed by atoms with Gasteiger partial charge in [0, 0.05) is 25.2 Å². The van der Waals surface area contributed by atoms with E-state index >= 15 is 0 Å². The third-order valence-electron chi connectivity index (χ3n) is 4.16. The van der Waals surface area contributed by atoms with E-state index < -0.39 is 0 Å². The van der Waals surface area contributed by atoms with Gasteiger partial charge in [-0.3, -0.25) is 14.7 Å². The number of H-pyrrole nitrogens is 1. The lowest BCUT2D eigenvalue weighted by atomic mass is 10.1. The molecule has 0 spiro atoms. The molecule has 1 aromatic heterocycles. The van der Waals surface area contributed by atoms with Crippen molar-refractivity contribution in [2.75, 3.05) is 13.1 Å². The summed E-state index contributed by atoms with van der Waals surface area (Å²) in [4.78, 5) is 20.0. The first-order chi connectivity index (χ1) is 11.6. The minimum Gasteiger partial charge on any atom is -0.373 e. The number of hydrogen-bond acceptors (Lipinski definition) is 4. The maximum Gasteiger partial charge on any atom is 0.267 e. The number of hydrogen-bond donors (Lipinski definition) is 1. The average molecular weight is 352 g/mol. The molecule has 0 bridgehead atoms. The Morgan fingerprint density at radius 1 is 1.33 bits per heavy atom. The molecule has 24 heavy (non-hydrogen) atoms. The third kappa shape index (κ3) is 4.41. The number of likely N-dealkylation sites (tertiary alicyclic amines) is 1. The van der Waals surface area contributed by atoms with Crippen LogP contribution in [0.4, 0.5) is 4.39 Å². The molecule has 5 nitrogen and oxygen atoms in total. The van der Waals surface area contributed by atoms with Crippen molar-refractivity contribution in [3.63, 3.8) is 0 Å². The summed E-state index contributed by atoms with van der Waals surface area (Å²) in [6.07, 6.45) is 3.11. The second-order valence-electron chi connectivity index (χ2n) is 5.89. The first-order valence-electron chi connectivity index (χ1n) is 7.93. The van der Waals surface area contributed by atoms with Gasteiger partial charge in [-0.1, -0.05) is 29.8 Å². The molecular formula is C17H19ClFN3O2. The molecule has 1 N–H and O–H groups in total. The Morgan fingerprint density at radius 2 is 2.08 bits per heavy atom. The van der Waals surface area contributed by atoms with E-state index in [4.69, 9.17) is 16.3 Å². The lowest BCUT2D eigenvalue weighted by Crippen LogP contribution is -2.37. The first-order valence-corrected chi connectivity index (χ1v) is 8.30. The smallest absolute Gasteiger partial charge is 0.267 e. The summed E-state index contributed by atoms with van der Waals surface area (Å²) in [6, 6.07) is 6.68. The van der Waals surface area contributed by atoms with Crippen LogP contribution in [0.2, 0.25) is 5.15 Å². The number of ether oxygens (including phenoxy) is 1. The minimum absolute atomic E-state index is 0.125. The molecule has 1 aromatic carbocycles. The third-order valence-corrected chi connectivity index (χ3v) is 4.48. The van der Waals surface area contributed by atoms with Crippen molar-refractivity contribution in [3.05, 3.63) is 63.0 Å². The molecule has 1 aliphatic rings. The highest BCUT2D eigenvalue weighted by molar-refractivity contribution is 6.29. The van der Waals surface area contributed by atoms with Gasteiger partial charge in [0.15, 0.2) is 0 Å².